The minimum Gasteiger partial charge on any atom is -0.496 e. The second-order valence-electron chi connectivity index (χ2n) is 5.26. The van der Waals surface area contributed by atoms with E-state index < -0.39 is 0 Å². The number of ether oxygens (including phenoxy) is 3. The lowest BCUT2D eigenvalue weighted by Gasteiger charge is -2.31. The smallest absolute Gasteiger partial charge is 0.134 e. The SMILES string of the molecule is COc1cccc(SN2CCC(OCCOCCN)CC2)c1Br. The summed E-state index contributed by atoms with van der Waals surface area (Å²) in [5.41, 5.74) is 5.38. The van der Waals surface area contributed by atoms with E-state index in [0.717, 1.165) is 36.2 Å². The zero-order valence-corrected chi connectivity index (χ0v) is 15.9. The number of hydrogen-bond acceptors (Lipinski definition) is 6. The molecule has 2 N–H and O–H groups in total. The number of piperidine rings is 1. The third kappa shape index (κ3) is 6.25. The number of nitrogens with zero attached hydrogens (tertiary/aromatic N) is 1. The molecule has 130 valence electrons. The summed E-state index contributed by atoms with van der Waals surface area (Å²) in [6, 6.07) is 6.08. The molecule has 7 heteroatoms. The topological polar surface area (TPSA) is 57.0 Å². The van der Waals surface area contributed by atoms with E-state index in [9.17, 15) is 0 Å². The van der Waals surface area contributed by atoms with Gasteiger partial charge in [-0.25, -0.2) is 4.31 Å². The Bertz CT molecular complexity index is 471. The monoisotopic (exact) mass is 404 g/mol. The maximum atomic E-state index is 5.86. The van der Waals surface area contributed by atoms with E-state index in [2.05, 4.69) is 26.3 Å². The van der Waals surface area contributed by atoms with Crippen LogP contribution in [-0.4, -0.2) is 57.0 Å². The van der Waals surface area contributed by atoms with Crippen molar-refractivity contribution in [1.29, 1.82) is 0 Å². The van der Waals surface area contributed by atoms with Crippen molar-refractivity contribution in [2.75, 3.05) is 46.6 Å². The molecule has 1 fully saturated rings. The molecule has 1 aliphatic rings. The van der Waals surface area contributed by atoms with Gasteiger partial charge in [-0.1, -0.05) is 6.07 Å². The van der Waals surface area contributed by atoms with E-state index >= 15 is 0 Å². The molecule has 2 rings (SSSR count). The highest BCUT2D eigenvalue weighted by Crippen LogP contribution is 2.37. The summed E-state index contributed by atoms with van der Waals surface area (Å²) >= 11 is 5.38. The maximum Gasteiger partial charge on any atom is 0.134 e. The van der Waals surface area contributed by atoms with Crippen molar-refractivity contribution in [2.24, 2.45) is 5.73 Å². The third-order valence-corrected chi connectivity index (χ3v) is 5.86. The van der Waals surface area contributed by atoms with Gasteiger partial charge >= 0.3 is 0 Å². The van der Waals surface area contributed by atoms with Crippen molar-refractivity contribution in [1.82, 2.24) is 4.31 Å². The first kappa shape index (κ1) is 19.0. The van der Waals surface area contributed by atoms with Crippen LogP contribution in [0, 0.1) is 0 Å². The Morgan fingerprint density at radius 1 is 1.26 bits per heavy atom. The molecular weight excluding hydrogens is 380 g/mol. The predicted octanol–water partition coefficient (Wildman–Crippen LogP) is 2.92. The van der Waals surface area contributed by atoms with Crippen molar-refractivity contribution in [3.05, 3.63) is 22.7 Å². The molecule has 0 aromatic heterocycles. The van der Waals surface area contributed by atoms with E-state index in [4.69, 9.17) is 19.9 Å². The van der Waals surface area contributed by atoms with Crippen molar-refractivity contribution >= 4 is 27.9 Å². The van der Waals surface area contributed by atoms with Crippen LogP contribution in [0.3, 0.4) is 0 Å². The van der Waals surface area contributed by atoms with Gasteiger partial charge in [0.15, 0.2) is 0 Å². The number of hydrogen-bond donors (Lipinski definition) is 1. The average molecular weight is 405 g/mol. The van der Waals surface area contributed by atoms with Gasteiger partial charge < -0.3 is 19.9 Å². The molecule has 1 heterocycles. The molecule has 0 unspecified atom stereocenters. The molecule has 0 radical (unpaired) electrons. The molecule has 0 spiro atoms. The lowest BCUT2D eigenvalue weighted by Crippen LogP contribution is -2.33. The summed E-state index contributed by atoms with van der Waals surface area (Å²) in [7, 11) is 1.69. The fourth-order valence-corrected chi connectivity index (χ4v) is 4.04. The first-order chi connectivity index (χ1) is 11.2. The molecule has 0 bridgehead atoms. The second-order valence-corrected chi connectivity index (χ2v) is 7.20. The van der Waals surface area contributed by atoms with Crippen LogP contribution in [0.4, 0.5) is 0 Å². The highest BCUT2D eigenvalue weighted by Gasteiger charge is 2.21. The van der Waals surface area contributed by atoms with Gasteiger partial charge in [0.2, 0.25) is 0 Å². The highest BCUT2D eigenvalue weighted by atomic mass is 79.9. The number of benzene rings is 1. The van der Waals surface area contributed by atoms with E-state index in [1.54, 1.807) is 19.1 Å². The zero-order valence-electron chi connectivity index (χ0n) is 13.5. The van der Waals surface area contributed by atoms with Crippen molar-refractivity contribution in [2.45, 2.75) is 23.8 Å². The van der Waals surface area contributed by atoms with E-state index in [-0.39, 0.29) is 0 Å². The maximum absolute atomic E-state index is 5.86. The van der Waals surface area contributed by atoms with Gasteiger partial charge in [-0.15, -0.1) is 0 Å². The van der Waals surface area contributed by atoms with Crippen molar-refractivity contribution in [3.8, 4) is 5.75 Å². The summed E-state index contributed by atoms with van der Waals surface area (Å²) in [6.45, 7) is 4.48. The summed E-state index contributed by atoms with van der Waals surface area (Å²) in [4.78, 5) is 1.18. The second kappa shape index (κ2) is 10.5. The van der Waals surface area contributed by atoms with Gasteiger partial charge in [0.05, 0.1) is 37.5 Å². The standard InChI is InChI=1S/C16H25BrN2O3S/c1-20-14-3-2-4-15(16(14)17)23-19-8-5-13(6-9-19)22-12-11-21-10-7-18/h2-4,13H,5-12,18H2,1H3. The zero-order chi connectivity index (χ0) is 16.5. The summed E-state index contributed by atoms with van der Waals surface area (Å²) in [6.07, 6.45) is 2.43. The van der Waals surface area contributed by atoms with E-state index in [1.165, 1.54) is 4.90 Å². The molecule has 0 atom stereocenters. The fourth-order valence-electron chi connectivity index (χ4n) is 2.41. The molecule has 0 aliphatic carbocycles. The van der Waals surface area contributed by atoms with Crippen LogP contribution in [0.2, 0.25) is 0 Å². The summed E-state index contributed by atoms with van der Waals surface area (Å²) in [5, 5.41) is 0. The van der Waals surface area contributed by atoms with Crippen LogP contribution in [-0.2, 0) is 9.47 Å². The first-order valence-corrected chi connectivity index (χ1v) is 9.46. The quantitative estimate of drug-likeness (QED) is 0.504. The third-order valence-electron chi connectivity index (χ3n) is 3.62. The van der Waals surface area contributed by atoms with Crippen LogP contribution in [0.5, 0.6) is 5.75 Å². The Morgan fingerprint density at radius 3 is 2.74 bits per heavy atom. The Balaban J connectivity index is 1.71. The Morgan fingerprint density at radius 2 is 2.04 bits per heavy atom. The lowest BCUT2D eigenvalue weighted by atomic mass is 10.1. The fraction of sp³-hybridized carbons (Fsp3) is 0.625. The van der Waals surface area contributed by atoms with E-state index in [0.29, 0.717) is 32.5 Å². The van der Waals surface area contributed by atoms with Crippen LogP contribution in [0.25, 0.3) is 0 Å². The van der Waals surface area contributed by atoms with Crippen molar-refractivity contribution in [3.63, 3.8) is 0 Å². The molecule has 1 aromatic carbocycles. The average Bonchev–Trinajstić information content (AvgIpc) is 2.58. The molecule has 5 nitrogen and oxygen atoms in total. The molecule has 1 aromatic rings. The van der Waals surface area contributed by atoms with Crippen LogP contribution >= 0.6 is 27.9 Å². The number of halogens is 1. The normalized spacial score (nSPS) is 16.7. The van der Waals surface area contributed by atoms with Gasteiger partial charge in [0.1, 0.15) is 5.75 Å². The molecule has 23 heavy (non-hydrogen) atoms. The molecule has 0 saturated carbocycles. The van der Waals surface area contributed by atoms with Gasteiger partial charge in [-0.3, -0.25) is 0 Å². The highest BCUT2D eigenvalue weighted by molar-refractivity contribution is 9.10. The summed E-state index contributed by atoms with van der Waals surface area (Å²) < 4.78 is 19.9. The molecule has 1 saturated heterocycles. The number of rotatable bonds is 9. The minimum atomic E-state index is 0.335. The largest absolute Gasteiger partial charge is 0.496 e. The van der Waals surface area contributed by atoms with Gasteiger partial charge in [-0.2, -0.15) is 0 Å². The van der Waals surface area contributed by atoms with Crippen LogP contribution in [0.1, 0.15) is 12.8 Å². The Kier molecular flexibility index (Phi) is 8.71. The van der Waals surface area contributed by atoms with Gasteiger partial charge in [0.25, 0.3) is 0 Å². The van der Waals surface area contributed by atoms with Gasteiger partial charge in [0, 0.05) is 24.5 Å². The first-order valence-electron chi connectivity index (χ1n) is 7.89. The number of nitrogens with two attached hydrogens (primary N) is 1. The number of methoxy groups -OCH3 is 1. The lowest BCUT2D eigenvalue weighted by molar-refractivity contribution is -0.0121. The van der Waals surface area contributed by atoms with E-state index in [1.807, 2.05) is 12.1 Å². The predicted molar refractivity (Wildman–Crippen MR) is 97.0 cm³/mol. The minimum absolute atomic E-state index is 0.335. The van der Waals surface area contributed by atoms with Crippen LogP contribution in [0.15, 0.2) is 27.6 Å². The Hall–Kier alpha value is -0.310. The van der Waals surface area contributed by atoms with Gasteiger partial charge in [-0.05, 0) is 52.9 Å². The van der Waals surface area contributed by atoms with Crippen molar-refractivity contribution < 1.29 is 14.2 Å². The Labute approximate surface area is 151 Å². The molecule has 0 amide bonds. The van der Waals surface area contributed by atoms with Crippen LogP contribution < -0.4 is 10.5 Å². The summed E-state index contributed by atoms with van der Waals surface area (Å²) in [5.74, 6) is 0.866. The molecular formula is C16H25BrN2O3S. The molecule has 1 aliphatic heterocycles.